The molecule has 0 spiro atoms. The Bertz CT molecular complexity index is 1030. The molecule has 0 aliphatic carbocycles. The van der Waals surface area contributed by atoms with Gasteiger partial charge in [-0.3, -0.25) is 4.79 Å². The molecule has 0 atom stereocenters. The van der Waals surface area contributed by atoms with Crippen LogP contribution in [0.25, 0.3) is 0 Å². The van der Waals surface area contributed by atoms with Gasteiger partial charge in [0.15, 0.2) is 18.1 Å². The molecule has 3 rings (SSSR count). The van der Waals surface area contributed by atoms with Gasteiger partial charge in [0.1, 0.15) is 5.82 Å². The van der Waals surface area contributed by atoms with Crippen molar-refractivity contribution in [1.82, 2.24) is 0 Å². The minimum Gasteiger partial charge on any atom is -0.493 e. The molecule has 0 fully saturated rings. The number of ether oxygens (including phenoxy) is 2. The molecule has 0 saturated carbocycles. The van der Waals surface area contributed by atoms with E-state index in [-0.39, 0.29) is 17.5 Å². The van der Waals surface area contributed by atoms with Crippen LogP contribution in [0.1, 0.15) is 5.56 Å². The molecule has 1 amide bonds. The highest BCUT2D eigenvalue weighted by molar-refractivity contribution is 6.31. The molecule has 30 heavy (non-hydrogen) atoms. The van der Waals surface area contributed by atoms with Crippen molar-refractivity contribution in [3.63, 3.8) is 0 Å². The first kappa shape index (κ1) is 21.7. The average Bonchev–Trinajstić information content (AvgIpc) is 2.75. The molecule has 0 aliphatic rings. The smallest absolute Gasteiger partial charge is 0.262 e. The summed E-state index contributed by atoms with van der Waals surface area (Å²) in [5.74, 6) is 0.159. The van der Waals surface area contributed by atoms with Crippen LogP contribution in [0.5, 0.6) is 11.5 Å². The molecule has 0 aromatic heterocycles. The maximum atomic E-state index is 13.2. The van der Waals surface area contributed by atoms with Crippen LogP contribution in [0.15, 0.2) is 60.7 Å². The molecule has 5 nitrogen and oxygen atoms in total. The summed E-state index contributed by atoms with van der Waals surface area (Å²) in [5, 5.41) is 6.53. The minimum atomic E-state index is -0.467. The molecule has 0 bridgehead atoms. The lowest BCUT2D eigenvalue weighted by Crippen LogP contribution is -2.20. The van der Waals surface area contributed by atoms with Gasteiger partial charge in [0.25, 0.3) is 5.91 Å². The van der Waals surface area contributed by atoms with Crippen LogP contribution in [-0.4, -0.2) is 19.6 Å². The third-order valence-electron chi connectivity index (χ3n) is 4.13. The van der Waals surface area contributed by atoms with E-state index in [1.807, 2.05) is 6.07 Å². The highest BCUT2D eigenvalue weighted by Crippen LogP contribution is 2.29. The van der Waals surface area contributed by atoms with Crippen molar-refractivity contribution in [2.24, 2.45) is 0 Å². The second kappa shape index (κ2) is 10.2. The van der Waals surface area contributed by atoms with E-state index in [2.05, 4.69) is 10.6 Å². The summed E-state index contributed by atoms with van der Waals surface area (Å²) in [6.07, 6.45) is 0. The van der Waals surface area contributed by atoms with Gasteiger partial charge in [0, 0.05) is 22.9 Å². The van der Waals surface area contributed by atoms with Gasteiger partial charge in [0.05, 0.1) is 12.1 Å². The first-order valence-electron chi connectivity index (χ1n) is 8.98. The number of rotatable bonds is 8. The Morgan fingerprint density at radius 2 is 1.70 bits per heavy atom. The lowest BCUT2D eigenvalue weighted by atomic mass is 10.2. The van der Waals surface area contributed by atoms with Crippen molar-refractivity contribution in [3.8, 4) is 11.5 Å². The Hall–Kier alpha value is -2.96. The molecule has 0 heterocycles. The number of carbonyl (C=O) groups excluding carboxylic acids is 1. The number of nitrogens with one attached hydrogen (secondary N) is 2. The molecule has 3 aromatic rings. The summed E-state index contributed by atoms with van der Waals surface area (Å²) < 4.78 is 24.2. The SMILES string of the molecule is COc1cc(CNc2ccc(F)c(Cl)c2)ccc1OCC(=O)Nc1ccc(Cl)cc1. The number of carbonyl (C=O) groups is 1. The lowest BCUT2D eigenvalue weighted by Gasteiger charge is -2.13. The van der Waals surface area contributed by atoms with Gasteiger partial charge >= 0.3 is 0 Å². The van der Waals surface area contributed by atoms with Crippen LogP contribution in [0.2, 0.25) is 10.0 Å². The number of halogens is 3. The topological polar surface area (TPSA) is 59.6 Å². The molecule has 3 aromatic carbocycles. The maximum Gasteiger partial charge on any atom is 0.262 e. The molecule has 0 saturated heterocycles. The van der Waals surface area contributed by atoms with Crippen molar-refractivity contribution in [2.75, 3.05) is 24.4 Å². The van der Waals surface area contributed by atoms with Crippen molar-refractivity contribution in [3.05, 3.63) is 82.1 Å². The summed E-state index contributed by atoms with van der Waals surface area (Å²) in [4.78, 5) is 12.1. The van der Waals surface area contributed by atoms with Crippen molar-refractivity contribution < 1.29 is 18.7 Å². The largest absolute Gasteiger partial charge is 0.493 e. The van der Waals surface area contributed by atoms with Crippen LogP contribution >= 0.6 is 23.2 Å². The maximum absolute atomic E-state index is 13.2. The first-order chi connectivity index (χ1) is 14.4. The summed E-state index contributed by atoms with van der Waals surface area (Å²) in [6.45, 7) is 0.292. The monoisotopic (exact) mass is 448 g/mol. The Kier molecular flexibility index (Phi) is 7.38. The van der Waals surface area contributed by atoms with Gasteiger partial charge in [-0.15, -0.1) is 0 Å². The van der Waals surface area contributed by atoms with Gasteiger partial charge in [-0.25, -0.2) is 4.39 Å². The molecule has 0 unspecified atom stereocenters. The summed E-state index contributed by atoms with van der Waals surface area (Å²) in [5.41, 5.74) is 2.23. The highest BCUT2D eigenvalue weighted by atomic mass is 35.5. The second-order valence-corrected chi connectivity index (χ2v) is 7.16. The summed E-state index contributed by atoms with van der Waals surface area (Å²) in [6, 6.07) is 16.6. The second-order valence-electron chi connectivity index (χ2n) is 6.31. The van der Waals surface area contributed by atoms with Crippen LogP contribution in [0.3, 0.4) is 0 Å². The fraction of sp³-hybridized carbons (Fsp3) is 0.136. The number of benzene rings is 3. The lowest BCUT2D eigenvalue weighted by molar-refractivity contribution is -0.118. The fourth-order valence-corrected chi connectivity index (χ4v) is 2.93. The van der Waals surface area contributed by atoms with Crippen molar-refractivity contribution in [1.29, 1.82) is 0 Å². The number of anilines is 2. The van der Waals surface area contributed by atoms with Crippen molar-refractivity contribution >= 4 is 40.5 Å². The number of hydrogen-bond donors (Lipinski definition) is 2. The Labute approximate surface area is 183 Å². The Morgan fingerprint density at radius 1 is 0.967 bits per heavy atom. The Balaban J connectivity index is 1.57. The van der Waals surface area contributed by atoms with Gasteiger partial charge in [0.2, 0.25) is 0 Å². The third-order valence-corrected chi connectivity index (χ3v) is 4.67. The zero-order chi connectivity index (χ0) is 21.5. The molecular formula is C22H19Cl2FN2O3. The fourth-order valence-electron chi connectivity index (χ4n) is 2.63. The third kappa shape index (κ3) is 6.02. The normalized spacial score (nSPS) is 10.4. The zero-order valence-corrected chi connectivity index (χ0v) is 17.6. The summed E-state index contributed by atoms with van der Waals surface area (Å²) in [7, 11) is 1.52. The van der Waals surface area contributed by atoms with E-state index in [0.29, 0.717) is 34.4 Å². The van der Waals surface area contributed by atoms with Gasteiger partial charge in [-0.1, -0.05) is 29.3 Å². The minimum absolute atomic E-state index is 0.0539. The van der Waals surface area contributed by atoms with E-state index in [4.69, 9.17) is 32.7 Å². The number of methoxy groups -OCH3 is 1. The van der Waals surface area contributed by atoms with Crippen LogP contribution < -0.4 is 20.1 Å². The van der Waals surface area contributed by atoms with Gasteiger partial charge < -0.3 is 20.1 Å². The van der Waals surface area contributed by atoms with Crippen LogP contribution in [-0.2, 0) is 11.3 Å². The van der Waals surface area contributed by atoms with Crippen molar-refractivity contribution in [2.45, 2.75) is 6.54 Å². The molecule has 0 aliphatic heterocycles. The van der Waals surface area contributed by atoms with E-state index in [0.717, 1.165) is 5.56 Å². The van der Waals surface area contributed by atoms with E-state index >= 15 is 0 Å². The molecule has 2 N–H and O–H groups in total. The van der Waals surface area contributed by atoms with E-state index < -0.39 is 5.82 Å². The molecule has 8 heteroatoms. The van der Waals surface area contributed by atoms with E-state index in [1.165, 1.54) is 19.2 Å². The van der Waals surface area contributed by atoms with Gasteiger partial charge in [-0.05, 0) is 60.2 Å². The van der Waals surface area contributed by atoms with Gasteiger partial charge in [-0.2, -0.15) is 0 Å². The van der Waals surface area contributed by atoms with E-state index in [9.17, 15) is 9.18 Å². The predicted molar refractivity (Wildman–Crippen MR) is 117 cm³/mol. The number of amides is 1. The standard InChI is InChI=1S/C22H19Cl2FN2O3/c1-29-21-10-14(12-26-17-7-8-19(25)18(24)11-17)2-9-20(21)30-13-22(28)27-16-5-3-15(23)4-6-16/h2-11,26H,12-13H2,1H3,(H,27,28). The summed E-state index contributed by atoms with van der Waals surface area (Å²) >= 11 is 11.6. The predicted octanol–water partition coefficient (Wildman–Crippen LogP) is 5.77. The van der Waals surface area contributed by atoms with Crippen LogP contribution in [0, 0.1) is 5.82 Å². The van der Waals surface area contributed by atoms with E-state index in [1.54, 1.807) is 42.5 Å². The average molecular weight is 449 g/mol. The number of hydrogen-bond acceptors (Lipinski definition) is 4. The highest BCUT2D eigenvalue weighted by Gasteiger charge is 2.10. The molecular weight excluding hydrogens is 430 g/mol. The Morgan fingerprint density at radius 3 is 2.40 bits per heavy atom. The zero-order valence-electron chi connectivity index (χ0n) is 16.0. The van der Waals surface area contributed by atoms with Crippen LogP contribution in [0.4, 0.5) is 15.8 Å². The molecule has 156 valence electrons. The first-order valence-corrected chi connectivity index (χ1v) is 9.74. The molecule has 0 radical (unpaired) electrons. The quantitative estimate of drug-likeness (QED) is 0.459.